The molecule has 0 aromatic heterocycles. The van der Waals surface area contributed by atoms with Gasteiger partial charge in [-0.1, -0.05) is 117 Å². The van der Waals surface area contributed by atoms with E-state index in [1.165, 1.54) is 103 Å². The fourth-order valence-corrected chi connectivity index (χ4v) is 9.52. The molecule has 0 aliphatic carbocycles. The Bertz CT molecular complexity index is 210. The summed E-state index contributed by atoms with van der Waals surface area (Å²) in [6, 6.07) is 3.11. The molecular formula is C20H42I2Si. The highest BCUT2D eigenvalue weighted by Crippen LogP contribution is 2.35. The first-order valence-corrected chi connectivity index (χ1v) is 19.1. The van der Waals surface area contributed by atoms with Crippen LogP contribution in [-0.2, 0) is 0 Å². The molecule has 0 spiro atoms. The summed E-state index contributed by atoms with van der Waals surface area (Å²) in [6.07, 6.45) is 23.4. The molecule has 0 rings (SSSR count). The molecule has 140 valence electrons. The Morgan fingerprint density at radius 2 is 0.696 bits per heavy atom. The first-order valence-electron chi connectivity index (χ1n) is 10.5. The van der Waals surface area contributed by atoms with Gasteiger partial charge in [-0.05, 0) is 12.1 Å². The lowest BCUT2D eigenvalue weighted by Crippen LogP contribution is -2.15. The van der Waals surface area contributed by atoms with Gasteiger partial charge in [0, 0.05) is 0 Å². The molecule has 23 heavy (non-hydrogen) atoms. The number of hydrogen-bond donors (Lipinski definition) is 0. The van der Waals surface area contributed by atoms with Crippen LogP contribution in [0.1, 0.15) is 117 Å². The van der Waals surface area contributed by atoms with Crippen LogP contribution >= 0.6 is 43.6 Å². The number of unbranched alkanes of at least 4 members (excludes halogenated alkanes) is 14. The van der Waals surface area contributed by atoms with Gasteiger partial charge in [-0.2, -0.15) is 0 Å². The van der Waals surface area contributed by atoms with Crippen LogP contribution in [0.3, 0.4) is 0 Å². The Balaban J connectivity index is 3.33. The van der Waals surface area contributed by atoms with E-state index in [1.54, 1.807) is 12.1 Å². The fraction of sp³-hybridized carbons (Fsp3) is 1.00. The summed E-state index contributed by atoms with van der Waals surface area (Å²) in [5.41, 5.74) is 0. The van der Waals surface area contributed by atoms with Gasteiger partial charge in [-0.3, -0.25) is 0 Å². The molecule has 0 heterocycles. The molecule has 0 aromatic carbocycles. The van der Waals surface area contributed by atoms with E-state index in [-0.39, 0.29) is 0 Å². The molecule has 0 amide bonds. The van der Waals surface area contributed by atoms with Crippen LogP contribution in [0.5, 0.6) is 0 Å². The molecule has 0 nitrogen and oxygen atoms in total. The van der Waals surface area contributed by atoms with E-state index in [9.17, 15) is 0 Å². The Kier molecular flexibility index (Phi) is 19.8. The van der Waals surface area contributed by atoms with Gasteiger partial charge in [0.15, 0.2) is 3.07 Å². The summed E-state index contributed by atoms with van der Waals surface area (Å²) < 4.78 is -0.926. The van der Waals surface area contributed by atoms with Crippen LogP contribution in [0.25, 0.3) is 0 Å². The number of rotatable bonds is 18. The zero-order chi connectivity index (χ0) is 17.2. The molecule has 0 bridgehead atoms. The van der Waals surface area contributed by atoms with Crippen molar-refractivity contribution in [2.45, 2.75) is 129 Å². The zero-order valence-corrected chi connectivity index (χ0v) is 21.3. The minimum absolute atomic E-state index is 0.926. The van der Waals surface area contributed by atoms with Crippen molar-refractivity contribution in [3.63, 3.8) is 0 Å². The lowest BCUT2D eigenvalue weighted by atomic mass is 10.1. The minimum Gasteiger partial charge on any atom is -0.105 e. The number of halogens is 2. The summed E-state index contributed by atoms with van der Waals surface area (Å²) in [7, 11) is 0. The summed E-state index contributed by atoms with van der Waals surface area (Å²) in [4.78, 5) is 0. The van der Waals surface area contributed by atoms with Gasteiger partial charge < -0.3 is 0 Å². The van der Waals surface area contributed by atoms with Crippen molar-refractivity contribution in [1.82, 2.24) is 0 Å². The van der Waals surface area contributed by atoms with Crippen molar-refractivity contribution in [2.75, 3.05) is 0 Å². The molecule has 0 aliphatic heterocycles. The summed E-state index contributed by atoms with van der Waals surface area (Å²) in [6.45, 7) is 4.61. The van der Waals surface area contributed by atoms with Crippen molar-refractivity contribution in [3.05, 3.63) is 0 Å². The van der Waals surface area contributed by atoms with Crippen molar-refractivity contribution < 1.29 is 0 Å². The zero-order valence-electron chi connectivity index (χ0n) is 16.0. The Hall–Kier alpha value is 1.68. The van der Waals surface area contributed by atoms with Crippen LogP contribution in [0, 0.1) is 0 Å². The van der Waals surface area contributed by atoms with Crippen LogP contribution < -0.4 is 0 Å². The summed E-state index contributed by atoms with van der Waals surface area (Å²) in [5, 5.41) is 0. The largest absolute Gasteiger partial charge is 0.192 e. The predicted octanol–water partition coefficient (Wildman–Crippen LogP) is 9.58. The Labute approximate surface area is 174 Å². The van der Waals surface area contributed by atoms with E-state index >= 15 is 0 Å². The van der Waals surface area contributed by atoms with Gasteiger partial charge in [-0.25, -0.2) is 0 Å². The molecule has 0 N–H and O–H groups in total. The van der Waals surface area contributed by atoms with Crippen molar-refractivity contribution >= 4 is 46.7 Å². The normalized spacial score (nSPS) is 12.0. The van der Waals surface area contributed by atoms with E-state index < -0.39 is 3.07 Å². The molecule has 0 saturated heterocycles. The Morgan fingerprint density at radius 3 is 1.00 bits per heavy atom. The maximum atomic E-state index is 2.86. The van der Waals surface area contributed by atoms with Gasteiger partial charge in [-0.15, -0.1) is 43.6 Å². The standard InChI is InChI=1S/C20H42I2Si/c1-3-5-7-9-11-13-15-17-19-23(21,22)20-18-16-14-12-10-8-6-4-2/h3-20H2,1-2H3. The van der Waals surface area contributed by atoms with Gasteiger partial charge in [0.05, 0.1) is 0 Å². The monoisotopic (exact) mass is 564 g/mol. The third-order valence-electron chi connectivity index (χ3n) is 4.79. The van der Waals surface area contributed by atoms with Crippen LogP contribution in [-0.4, -0.2) is 3.07 Å². The molecule has 0 aromatic rings. The van der Waals surface area contributed by atoms with E-state index in [1.807, 2.05) is 0 Å². The average molecular weight is 564 g/mol. The van der Waals surface area contributed by atoms with Crippen molar-refractivity contribution in [2.24, 2.45) is 0 Å². The molecule has 0 radical (unpaired) electrons. The maximum Gasteiger partial charge on any atom is 0.192 e. The van der Waals surface area contributed by atoms with E-state index in [4.69, 9.17) is 0 Å². The fourth-order valence-electron chi connectivity index (χ4n) is 3.16. The van der Waals surface area contributed by atoms with Crippen LogP contribution in [0.2, 0.25) is 12.1 Å². The van der Waals surface area contributed by atoms with Gasteiger partial charge >= 0.3 is 0 Å². The predicted molar refractivity (Wildman–Crippen MR) is 129 cm³/mol. The topological polar surface area (TPSA) is 0 Å². The second-order valence-corrected chi connectivity index (χ2v) is 28.6. The molecule has 0 unspecified atom stereocenters. The number of hydrogen-bond acceptors (Lipinski definition) is 0. The van der Waals surface area contributed by atoms with E-state index in [0.717, 1.165) is 0 Å². The van der Waals surface area contributed by atoms with Gasteiger partial charge in [0.2, 0.25) is 0 Å². The van der Waals surface area contributed by atoms with Crippen LogP contribution in [0.4, 0.5) is 0 Å². The molecular weight excluding hydrogens is 522 g/mol. The molecule has 0 fully saturated rings. The maximum absolute atomic E-state index is 2.86. The lowest BCUT2D eigenvalue weighted by Gasteiger charge is -2.17. The third-order valence-corrected chi connectivity index (χ3v) is 13.4. The highest BCUT2D eigenvalue weighted by Gasteiger charge is 2.24. The van der Waals surface area contributed by atoms with Gasteiger partial charge in [0.1, 0.15) is 0 Å². The second-order valence-electron chi connectivity index (χ2n) is 7.31. The molecule has 0 atom stereocenters. The molecule has 0 aliphatic rings. The van der Waals surface area contributed by atoms with E-state index in [2.05, 4.69) is 57.4 Å². The summed E-state index contributed by atoms with van der Waals surface area (Å²) >= 11 is 5.72. The minimum atomic E-state index is -0.926. The van der Waals surface area contributed by atoms with Crippen molar-refractivity contribution in [3.8, 4) is 0 Å². The molecule has 3 heteroatoms. The smallest absolute Gasteiger partial charge is 0.105 e. The van der Waals surface area contributed by atoms with Crippen LogP contribution in [0.15, 0.2) is 0 Å². The highest BCUT2D eigenvalue weighted by atomic mass is 127. The quantitative estimate of drug-likeness (QED) is 0.0673. The highest BCUT2D eigenvalue weighted by molar-refractivity contribution is 14.3. The lowest BCUT2D eigenvalue weighted by molar-refractivity contribution is 0.581. The van der Waals surface area contributed by atoms with Crippen molar-refractivity contribution in [1.29, 1.82) is 0 Å². The van der Waals surface area contributed by atoms with Gasteiger partial charge in [0.25, 0.3) is 0 Å². The summed E-state index contributed by atoms with van der Waals surface area (Å²) in [5.74, 6) is 0. The molecule has 0 saturated carbocycles. The van der Waals surface area contributed by atoms with E-state index in [0.29, 0.717) is 0 Å². The Morgan fingerprint density at radius 1 is 0.435 bits per heavy atom. The first-order chi connectivity index (χ1) is 11.1. The second kappa shape index (κ2) is 18.5. The third kappa shape index (κ3) is 19.8. The SMILES string of the molecule is CCCCCCCCCC[Si](I)(I)CCCCCCCCCC. The average Bonchev–Trinajstić information content (AvgIpc) is 2.52. The first kappa shape index (κ1) is 24.7.